The molecule has 0 unspecified atom stereocenters. The van der Waals surface area contributed by atoms with Crippen LogP contribution in [-0.4, -0.2) is 29.2 Å². The molecule has 84 valence electrons. The van der Waals surface area contributed by atoms with E-state index < -0.39 is 0 Å². The second-order valence-corrected chi connectivity index (χ2v) is 3.53. The van der Waals surface area contributed by atoms with Crippen LogP contribution in [-0.2, 0) is 4.74 Å². The zero-order valence-electron chi connectivity index (χ0n) is 9.23. The van der Waals surface area contributed by atoms with Crippen LogP contribution < -0.4 is 11.1 Å². The van der Waals surface area contributed by atoms with Gasteiger partial charge in [0, 0.05) is 19.2 Å². The fourth-order valence-electron chi connectivity index (χ4n) is 1.08. The molecular formula is C10H18N4O. The van der Waals surface area contributed by atoms with E-state index in [4.69, 9.17) is 10.5 Å². The summed E-state index contributed by atoms with van der Waals surface area (Å²) in [5.74, 6) is 1.23. The average molecular weight is 210 g/mol. The predicted octanol–water partition coefficient (Wildman–Crippen LogP) is 1.29. The number of nitrogen functional groups attached to an aromatic ring is 1. The highest BCUT2D eigenvalue weighted by Gasteiger charge is 1.95. The van der Waals surface area contributed by atoms with Gasteiger partial charge in [-0.05, 0) is 20.3 Å². The minimum absolute atomic E-state index is 0.291. The maximum atomic E-state index is 5.51. The van der Waals surface area contributed by atoms with E-state index in [0.29, 0.717) is 11.9 Å². The predicted molar refractivity (Wildman–Crippen MR) is 60.6 cm³/mol. The summed E-state index contributed by atoms with van der Waals surface area (Å²) in [6.45, 7) is 5.63. The Morgan fingerprint density at radius 1 is 1.47 bits per heavy atom. The van der Waals surface area contributed by atoms with E-state index in [1.54, 1.807) is 6.07 Å². The Balaban J connectivity index is 2.15. The first kappa shape index (κ1) is 11.7. The van der Waals surface area contributed by atoms with Crippen molar-refractivity contribution in [1.82, 2.24) is 9.97 Å². The Kier molecular flexibility index (Phi) is 4.83. The smallest absolute Gasteiger partial charge is 0.131 e. The Morgan fingerprint density at radius 3 is 2.93 bits per heavy atom. The summed E-state index contributed by atoms with van der Waals surface area (Å²) in [6.07, 6.45) is 2.68. The van der Waals surface area contributed by atoms with Gasteiger partial charge in [-0.1, -0.05) is 0 Å². The summed E-state index contributed by atoms with van der Waals surface area (Å²) in [7, 11) is 0. The number of anilines is 2. The third-order valence-electron chi connectivity index (χ3n) is 1.77. The number of rotatable bonds is 6. The molecule has 0 bridgehead atoms. The molecule has 0 aromatic carbocycles. The molecule has 0 spiro atoms. The van der Waals surface area contributed by atoms with E-state index in [-0.39, 0.29) is 0 Å². The lowest BCUT2D eigenvalue weighted by Gasteiger charge is -2.08. The quantitative estimate of drug-likeness (QED) is 0.692. The summed E-state index contributed by atoms with van der Waals surface area (Å²) in [4.78, 5) is 7.84. The molecule has 0 aliphatic rings. The van der Waals surface area contributed by atoms with Crippen LogP contribution in [0.4, 0.5) is 11.6 Å². The van der Waals surface area contributed by atoms with Crippen LogP contribution >= 0.6 is 0 Å². The van der Waals surface area contributed by atoms with Crippen LogP contribution in [0.2, 0.25) is 0 Å². The Hall–Kier alpha value is -1.36. The molecule has 5 heteroatoms. The van der Waals surface area contributed by atoms with Gasteiger partial charge in [0.1, 0.15) is 18.0 Å². The second-order valence-electron chi connectivity index (χ2n) is 3.53. The molecule has 15 heavy (non-hydrogen) atoms. The molecule has 0 radical (unpaired) electrons. The minimum atomic E-state index is 0.291. The van der Waals surface area contributed by atoms with Crippen molar-refractivity contribution in [2.45, 2.75) is 26.4 Å². The normalized spacial score (nSPS) is 10.6. The molecule has 1 aromatic heterocycles. The number of hydrogen-bond donors (Lipinski definition) is 2. The first-order valence-corrected chi connectivity index (χ1v) is 5.11. The van der Waals surface area contributed by atoms with Gasteiger partial charge in [0.2, 0.25) is 0 Å². The lowest BCUT2D eigenvalue weighted by atomic mass is 10.4. The Morgan fingerprint density at radius 2 is 2.27 bits per heavy atom. The molecule has 0 fully saturated rings. The number of nitrogens with zero attached hydrogens (tertiary/aromatic N) is 2. The van der Waals surface area contributed by atoms with Crippen LogP contribution in [0.5, 0.6) is 0 Å². The first-order chi connectivity index (χ1) is 7.18. The topological polar surface area (TPSA) is 73.1 Å². The minimum Gasteiger partial charge on any atom is -0.384 e. The molecule has 3 N–H and O–H groups in total. The summed E-state index contributed by atoms with van der Waals surface area (Å²) < 4.78 is 5.41. The summed E-state index contributed by atoms with van der Waals surface area (Å²) in [6, 6.07) is 1.71. The van der Waals surface area contributed by atoms with Crippen LogP contribution in [0.15, 0.2) is 12.4 Å². The third-order valence-corrected chi connectivity index (χ3v) is 1.77. The summed E-state index contributed by atoms with van der Waals surface area (Å²) in [5.41, 5.74) is 5.51. The molecular weight excluding hydrogens is 192 g/mol. The van der Waals surface area contributed by atoms with Crippen molar-refractivity contribution >= 4 is 11.6 Å². The van der Waals surface area contributed by atoms with E-state index in [2.05, 4.69) is 15.3 Å². The van der Waals surface area contributed by atoms with E-state index >= 15 is 0 Å². The number of hydrogen-bond acceptors (Lipinski definition) is 5. The van der Waals surface area contributed by atoms with Gasteiger partial charge in [0.05, 0.1) is 6.10 Å². The van der Waals surface area contributed by atoms with E-state index in [1.165, 1.54) is 6.33 Å². The number of aromatic nitrogens is 2. The summed E-state index contributed by atoms with van der Waals surface area (Å²) >= 11 is 0. The summed E-state index contributed by atoms with van der Waals surface area (Å²) in [5, 5.41) is 3.15. The van der Waals surface area contributed by atoms with Crippen molar-refractivity contribution < 1.29 is 4.74 Å². The van der Waals surface area contributed by atoms with Crippen molar-refractivity contribution in [3.8, 4) is 0 Å². The maximum Gasteiger partial charge on any atom is 0.131 e. The highest BCUT2D eigenvalue weighted by molar-refractivity contribution is 5.42. The Labute approximate surface area is 90.1 Å². The average Bonchev–Trinajstić information content (AvgIpc) is 2.17. The molecule has 0 aliphatic carbocycles. The molecule has 1 rings (SSSR count). The SMILES string of the molecule is CC(C)OCCCNc1cc(N)ncn1. The van der Waals surface area contributed by atoms with E-state index in [1.807, 2.05) is 13.8 Å². The van der Waals surface area contributed by atoms with Crippen LogP contribution in [0.3, 0.4) is 0 Å². The van der Waals surface area contributed by atoms with Gasteiger partial charge in [-0.2, -0.15) is 0 Å². The zero-order chi connectivity index (χ0) is 11.1. The Bertz CT molecular complexity index is 291. The first-order valence-electron chi connectivity index (χ1n) is 5.11. The van der Waals surface area contributed by atoms with Gasteiger partial charge in [-0.15, -0.1) is 0 Å². The van der Waals surface area contributed by atoms with Crippen LogP contribution in [0.25, 0.3) is 0 Å². The lowest BCUT2D eigenvalue weighted by Crippen LogP contribution is -2.10. The third kappa shape index (κ3) is 5.17. The fraction of sp³-hybridized carbons (Fsp3) is 0.600. The van der Waals surface area contributed by atoms with Gasteiger partial charge in [0.15, 0.2) is 0 Å². The molecule has 0 atom stereocenters. The molecule has 1 heterocycles. The van der Waals surface area contributed by atoms with Gasteiger partial charge in [-0.25, -0.2) is 9.97 Å². The molecule has 5 nitrogen and oxygen atoms in total. The van der Waals surface area contributed by atoms with Gasteiger partial charge >= 0.3 is 0 Å². The molecule has 0 saturated heterocycles. The lowest BCUT2D eigenvalue weighted by molar-refractivity contribution is 0.0787. The monoisotopic (exact) mass is 210 g/mol. The van der Waals surface area contributed by atoms with Crippen LogP contribution in [0.1, 0.15) is 20.3 Å². The molecule has 1 aromatic rings. The van der Waals surface area contributed by atoms with Gasteiger partial charge in [0.25, 0.3) is 0 Å². The van der Waals surface area contributed by atoms with Gasteiger partial charge in [-0.3, -0.25) is 0 Å². The van der Waals surface area contributed by atoms with Crippen molar-refractivity contribution in [3.05, 3.63) is 12.4 Å². The highest BCUT2D eigenvalue weighted by Crippen LogP contribution is 2.04. The number of ether oxygens (including phenoxy) is 1. The number of nitrogens with two attached hydrogens (primary N) is 1. The van der Waals surface area contributed by atoms with Crippen molar-refractivity contribution in [2.75, 3.05) is 24.2 Å². The molecule has 0 amide bonds. The number of nitrogens with one attached hydrogen (secondary N) is 1. The molecule has 0 saturated carbocycles. The van der Waals surface area contributed by atoms with E-state index in [0.717, 1.165) is 25.4 Å². The van der Waals surface area contributed by atoms with Crippen molar-refractivity contribution in [1.29, 1.82) is 0 Å². The standard InChI is InChI=1S/C10H18N4O/c1-8(2)15-5-3-4-12-10-6-9(11)13-7-14-10/h6-8H,3-5H2,1-2H3,(H3,11,12,13,14). The largest absolute Gasteiger partial charge is 0.384 e. The second kappa shape index (κ2) is 6.19. The highest BCUT2D eigenvalue weighted by atomic mass is 16.5. The van der Waals surface area contributed by atoms with Crippen molar-refractivity contribution in [2.24, 2.45) is 0 Å². The molecule has 0 aliphatic heterocycles. The fourth-order valence-corrected chi connectivity index (χ4v) is 1.08. The maximum absolute atomic E-state index is 5.51. The van der Waals surface area contributed by atoms with Crippen LogP contribution in [0, 0.1) is 0 Å². The van der Waals surface area contributed by atoms with Gasteiger partial charge < -0.3 is 15.8 Å². The zero-order valence-corrected chi connectivity index (χ0v) is 9.23. The van der Waals surface area contributed by atoms with E-state index in [9.17, 15) is 0 Å². The van der Waals surface area contributed by atoms with Crippen molar-refractivity contribution in [3.63, 3.8) is 0 Å².